The summed E-state index contributed by atoms with van der Waals surface area (Å²) in [4.78, 5) is 36.6. The van der Waals surface area contributed by atoms with Gasteiger partial charge >= 0.3 is 5.97 Å². The summed E-state index contributed by atoms with van der Waals surface area (Å²) in [5.74, 6) is -0.262. The van der Waals surface area contributed by atoms with Crippen LogP contribution in [0.25, 0.3) is 0 Å². The summed E-state index contributed by atoms with van der Waals surface area (Å²) in [7, 11) is 0. The van der Waals surface area contributed by atoms with Crippen LogP contribution in [0.3, 0.4) is 0 Å². The number of hydrogen-bond donors (Lipinski definition) is 0. The standard InChI is InChI=1S/C20H19FN4O3S/c1-2-28-18(26)11-25-10-16(7-15-8-22-13-23-9-15)19(27)24-20(25)29-12-14-3-5-17(21)6-4-14/h3-6,8-10,13H,2,7,11-12H2,1H3. The molecule has 0 atom stereocenters. The molecule has 0 fully saturated rings. The minimum atomic E-state index is -0.421. The molecule has 0 aliphatic carbocycles. The Labute approximate surface area is 171 Å². The number of esters is 1. The normalized spacial score (nSPS) is 10.7. The summed E-state index contributed by atoms with van der Waals surface area (Å²) in [6, 6.07) is 6.08. The number of benzene rings is 1. The maximum Gasteiger partial charge on any atom is 0.326 e. The van der Waals surface area contributed by atoms with Gasteiger partial charge in [0.2, 0.25) is 0 Å². The average molecular weight is 414 g/mol. The molecule has 3 aromatic rings. The highest BCUT2D eigenvalue weighted by atomic mass is 32.2. The van der Waals surface area contributed by atoms with Crippen LogP contribution in [0.15, 0.2) is 59.1 Å². The quantitative estimate of drug-likeness (QED) is 0.318. The van der Waals surface area contributed by atoms with Gasteiger partial charge in [-0.1, -0.05) is 23.9 Å². The number of thioether (sulfide) groups is 1. The predicted molar refractivity (Wildman–Crippen MR) is 106 cm³/mol. The van der Waals surface area contributed by atoms with Gasteiger partial charge in [-0.25, -0.2) is 14.4 Å². The van der Waals surface area contributed by atoms with Crippen molar-refractivity contribution in [2.75, 3.05) is 6.61 Å². The summed E-state index contributed by atoms with van der Waals surface area (Å²) < 4.78 is 19.7. The number of ether oxygens (including phenoxy) is 1. The molecule has 3 rings (SSSR count). The molecular weight excluding hydrogens is 395 g/mol. The Balaban J connectivity index is 1.86. The van der Waals surface area contributed by atoms with E-state index in [9.17, 15) is 14.0 Å². The van der Waals surface area contributed by atoms with Gasteiger partial charge in [-0.15, -0.1) is 0 Å². The molecular formula is C20H19FN4O3S. The van der Waals surface area contributed by atoms with Crippen LogP contribution in [0, 0.1) is 5.82 Å². The van der Waals surface area contributed by atoms with Crippen molar-refractivity contribution in [3.8, 4) is 0 Å². The summed E-state index contributed by atoms with van der Waals surface area (Å²) in [6.07, 6.45) is 6.58. The van der Waals surface area contributed by atoms with Gasteiger partial charge in [0.15, 0.2) is 5.16 Å². The Hall–Kier alpha value is -3.07. The minimum absolute atomic E-state index is 0.0643. The highest BCUT2D eigenvalue weighted by Gasteiger charge is 2.14. The van der Waals surface area contributed by atoms with Crippen molar-refractivity contribution in [3.05, 3.63) is 82.0 Å². The third-order valence-corrected chi connectivity index (χ3v) is 4.99. The molecule has 0 aliphatic rings. The summed E-state index contributed by atoms with van der Waals surface area (Å²) in [6.45, 7) is 1.93. The average Bonchev–Trinajstić information content (AvgIpc) is 2.71. The summed E-state index contributed by atoms with van der Waals surface area (Å²) in [5.41, 5.74) is 1.69. The number of rotatable bonds is 8. The van der Waals surface area contributed by atoms with Crippen LogP contribution in [0.1, 0.15) is 23.6 Å². The third kappa shape index (κ3) is 5.95. The van der Waals surface area contributed by atoms with E-state index in [0.29, 0.717) is 22.9 Å². The van der Waals surface area contributed by atoms with Crippen molar-refractivity contribution in [2.45, 2.75) is 30.8 Å². The molecule has 29 heavy (non-hydrogen) atoms. The first kappa shape index (κ1) is 20.7. The first-order chi connectivity index (χ1) is 14.0. The molecule has 0 saturated carbocycles. The van der Waals surface area contributed by atoms with Crippen LogP contribution in [0.4, 0.5) is 4.39 Å². The van der Waals surface area contributed by atoms with Gasteiger partial charge in [-0.2, -0.15) is 4.98 Å². The maximum absolute atomic E-state index is 13.1. The molecule has 7 nitrogen and oxygen atoms in total. The monoisotopic (exact) mass is 414 g/mol. The van der Waals surface area contributed by atoms with Gasteiger partial charge in [0.05, 0.1) is 6.61 Å². The third-order valence-electron chi connectivity index (χ3n) is 3.92. The largest absolute Gasteiger partial charge is 0.465 e. The van der Waals surface area contributed by atoms with Crippen LogP contribution >= 0.6 is 11.8 Å². The van der Waals surface area contributed by atoms with E-state index in [4.69, 9.17) is 4.74 Å². The molecule has 1 aromatic carbocycles. The second-order valence-electron chi connectivity index (χ2n) is 6.13. The number of hydrogen-bond acceptors (Lipinski definition) is 7. The fourth-order valence-electron chi connectivity index (χ4n) is 2.59. The number of aromatic nitrogens is 4. The Morgan fingerprint density at radius 1 is 1.17 bits per heavy atom. The zero-order valence-electron chi connectivity index (χ0n) is 15.7. The fourth-order valence-corrected chi connectivity index (χ4v) is 3.51. The molecule has 150 valence electrons. The van der Waals surface area contributed by atoms with Crippen LogP contribution in [-0.4, -0.2) is 32.1 Å². The lowest BCUT2D eigenvalue weighted by molar-refractivity contribution is -0.144. The Morgan fingerprint density at radius 2 is 1.90 bits per heavy atom. The number of carbonyl (C=O) groups is 1. The van der Waals surface area contributed by atoms with Gasteiger partial charge in [0.1, 0.15) is 18.7 Å². The van der Waals surface area contributed by atoms with E-state index < -0.39 is 5.97 Å². The van der Waals surface area contributed by atoms with Crippen LogP contribution in [0.5, 0.6) is 0 Å². The van der Waals surface area contributed by atoms with Crippen molar-refractivity contribution >= 4 is 17.7 Å². The lowest BCUT2D eigenvalue weighted by Gasteiger charge is -2.13. The van der Waals surface area contributed by atoms with E-state index in [0.717, 1.165) is 11.1 Å². The van der Waals surface area contributed by atoms with Crippen LogP contribution < -0.4 is 5.56 Å². The lowest BCUT2D eigenvalue weighted by atomic mass is 10.1. The Kier molecular flexibility index (Phi) is 7.07. The number of nitrogens with zero attached hydrogens (tertiary/aromatic N) is 4. The first-order valence-electron chi connectivity index (χ1n) is 8.92. The zero-order chi connectivity index (χ0) is 20.6. The maximum atomic E-state index is 13.1. The highest BCUT2D eigenvalue weighted by Crippen LogP contribution is 2.21. The van der Waals surface area contributed by atoms with E-state index in [1.807, 2.05) is 0 Å². The van der Waals surface area contributed by atoms with Crippen molar-refractivity contribution < 1.29 is 13.9 Å². The molecule has 0 amide bonds. The van der Waals surface area contributed by atoms with Crippen molar-refractivity contribution in [2.24, 2.45) is 0 Å². The van der Waals surface area contributed by atoms with Gasteiger partial charge in [-0.05, 0) is 30.2 Å². The van der Waals surface area contributed by atoms with Gasteiger partial charge in [0.25, 0.3) is 5.56 Å². The van der Waals surface area contributed by atoms with Gasteiger partial charge in [-0.3, -0.25) is 9.59 Å². The van der Waals surface area contributed by atoms with E-state index in [1.54, 1.807) is 42.2 Å². The first-order valence-corrected chi connectivity index (χ1v) is 9.91. The van der Waals surface area contributed by atoms with Crippen molar-refractivity contribution in [1.29, 1.82) is 0 Å². The van der Waals surface area contributed by atoms with E-state index in [1.165, 1.54) is 30.2 Å². The predicted octanol–water partition coefficient (Wildman–Crippen LogP) is 2.62. The Morgan fingerprint density at radius 3 is 2.59 bits per heavy atom. The molecule has 2 aromatic heterocycles. The van der Waals surface area contributed by atoms with Crippen molar-refractivity contribution in [3.63, 3.8) is 0 Å². The topological polar surface area (TPSA) is 87.0 Å². The van der Waals surface area contributed by atoms with Gasteiger partial charge in [0, 0.05) is 36.3 Å². The summed E-state index contributed by atoms with van der Waals surface area (Å²) >= 11 is 1.29. The molecule has 9 heteroatoms. The fraction of sp³-hybridized carbons (Fsp3) is 0.250. The molecule has 0 N–H and O–H groups in total. The molecule has 2 heterocycles. The van der Waals surface area contributed by atoms with E-state index >= 15 is 0 Å². The van der Waals surface area contributed by atoms with Crippen molar-refractivity contribution in [1.82, 2.24) is 19.5 Å². The molecule has 0 saturated heterocycles. The van der Waals surface area contributed by atoms with Crippen LogP contribution in [-0.2, 0) is 28.2 Å². The summed E-state index contributed by atoms with van der Waals surface area (Å²) in [5, 5.41) is 0.389. The molecule has 0 radical (unpaired) electrons. The highest BCUT2D eigenvalue weighted by molar-refractivity contribution is 7.98. The Bertz CT molecular complexity index is 1030. The van der Waals surface area contributed by atoms with E-state index in [2.05, 4.69) is 15.0 Å². The zero-order valence-corrected chi connectivity index (χ0v) is 16.6. The lowest BCUT2D eigenvalue weighted by Crippen LogP contribution is -2.23. The van der Waals surface area contributed by atoms with Crippen LogP contribution in [0.2, 0.25) is 0 Å². The second-order valence-corrected chi connectivity index (χ2v) is 7.07. The molecule has 0 aliphatic heterocycles. The molecule has 0 bridgehead atoms. The molecule has 0 unspecified atom stereocenters. The number of carbonyl (C=O) groups excluding carboxylic acids is 1. The van der Waals surface area contributed by atoms with Gasteiger partial charge < -0.3 is 9.30 Å². The SMILES string of the molecule is CCOC(=O)Cn1cc(Cc2cncnc2)c(=O)nc1SCc1ccc(F)cc1. The number of halogens is 1. The molecule has 0 spiro atoms. The smallest absolute Gasteiger partial charge is 0.326 e. The second kappa shape index (κ2) is 9.92. The minimum Gasteiger partial charge on any atom is -0.465 e. The van der Waals surface area contributed by atoms with E-state index in [-0.39, 0.29) is 24.5 Å².